The topological polar surface area (TPSA) is 151 Å². The minimum absolute atomic E-state index is 0.153. The molecular formula is C27H28N6O6. The number of carbonyl (C=O) groups is 1. The average molecular weight is 533 g/mol. The lowest BCUT2D eigenvalue weighted by Crippen LogP contribution is -2.41. The zero-order valence-electron chi connectivity index (χ0n) is 21.7. The van der Waals surface area contributed by atoms with Crippen LogP contribution in [0.15, 0.2) is 73.6 Å². The number of aliphatic hydroxyl groups excluding tert-OH is 1. The van der Waals surface area contributed by atoms with Crippen LogP contribution in [0.3, 0.4) is 0 Å². The van der Waals surface area contributed by atoms with E-state index in [1.54, 1.807) is 11.8 Å². The van der Waals surface area contributed by atoms with Crippen LogP contribution in [0.4, 0.5) is 5.88 Å². The molecule has 1 atom stereocenters. The van der Waals surface area contributed by atoms with Crippen molar-refractivity contribution in [1.29, 1.82) is 0 Å². The van der Waals surface area contributed by atoms with Gasteiger partial charge in [-0.05, 0) is 35.2 Å². The number of ether oxygens (including phenoxy) is 1. The lowest BCUT2D eigenvalue weighted by Gasteiger charge is -2.33. The monoisotopic (exact) mass is 532 g/mol. The standard InChI is InChI=1S/C27H28N6O6/c1-4-7-22-32(23(26(35)37-3)21(15-34)33(22)25-16(2)38-27(36)39-25)14-17-10-12-18(13-11-17)19-8-5-6-9-20(19)24-28-30-31-29-24/h5-6,8-13,22,34H,4,7,14-15H2,1-3H3,(H,28,29,30,31). The van der Waals surface area contributed by atoms with Crippen molar-refractivity contribution < 1.29 is 23.5 Å². The molecule has 202 valence electrons. The predicted molar refractivity (Wildman–Crippen MR) is 140 cm³/mol. The van der Waals surface area contributed by atoms with Gasteiger partial charge in [-0.3, -0.25) is 4.90 Å². The van der Waals surface area contributed by atoms with Crippen molar-refractivity contribution in [1.82, 2.24) is 25.5 Å². The Balaban J connectivity index is 1.51. The quantitative estimate of drug-likeness (QED) is 0.306. The Morgan fingerprint density at radius 2 is 1.87 bits per heavy atom. The van der Waals surface area contributed by atoms with Crippen LogP contribution >= 0.6 is 0 Å². The number of benzene rings is 2. The van der Waals surface area contributed by atoms with Crippen molar-refractivity contribution in [2.45, 2.75) is 39.4 Å². The Morgan fingerprint density at radius 3 is 2.46 bits per heavy atom. The van der Waals surface area contributed by atoms with E-state index >= 15 is 0 Å². The Morgan fingerprint density at radius 1 is 1.13 bits per heavy atom. The number of aliphatic hydroxyl groups is 1. The lowest BCUT2D eigenvalue weighted by atomic mass is 9.98. The van der Waals surface area contributed by atoms with Gasteiger partial charge in [-0.15, -0.1) is 10.2 Å². The van der Waals surface area contributed by atoms with E-state index in [2.05, 4.69) is 20.6 Å². The summed E-state index contributed by atoms with van der Waals surface area (Å²) in [6, 6.07) is 15.7. The van der Waals surface area contributed by atoms with Crippen molar-refractivity contribution in [3.63, 3.8) is 0 Å². The van der Waals surface area contributed by atoms with Crippen LogP contribution in [-0.4, -0.2) is 56.5 Å². The van der Waals surface area contributed by atoms with Crippen molar-refractivity contribution >= 4 is 11.9 Å². The van der Waals surface area contributed by atoms with E-state index in [-0.39, 0.29) is 23.0 Å². The lowest BCUT2D eigenvalue weighted by molar-refractivity contribution is -0.138. The molecule has 0 bridgehead atoms. The van der Waals surface area contributed by atoms with Crippen molar-refractivity contribution in [3.05, 3.63) is 81.9 Å². The van der Waals surface area contributed by atoms with Gasteiger partial charge in [0, 0.05) is 12.1 Å². The third-order valence-electron chi connectivity index (χ3n) is 6.65. The average Bonchev–Trinajstić information content (AvgIpc) is 3.67. The van der Waals surface area contributed by atoms with Crippen LogP contribution < -0.4 is 10.7 Å². The molecule has 2 N–H and O–H groups in total. The molecule has 1 aliphatic rings. The molecule has 0 fully saturated rings. The summed E-state index contributed by atoms with van der Waals surface area (Å²) in [5.41, 5.74) is 4.15. The molecule has 0 saturated heterocycles. The van der Waals surface area contributed by atoms with E-state index in [1.807, 2.05) is 60.4 Å². The van der Waals surface area contributed by atoms with Crippen LogP contribution in [-0.2, 0) is 16.1 Å². The van der Waals surface area contributed by atoms with E-state index in [1.165, 1.54) is 7.11 Å². The Hall–Kier alpha value is -4.71. The van der Waals surface area contributed by atoms with Gasteiger partial charge in [0.1, 0.15) is 11.9 Å². The fraction of sp³-hybridized carbons (Fsp3) is 0.296. The zero-order valence-corrected chi connectivity index (χ0v) is 21.7. The summed E-state index contributed by atoms with van der Waals surface area (Å²) in [5.74, 6) is -0.552. The number of H-pyrrole nitrogens is 1. The third kappa shape index (κ3) is 4.81. The molecule has 2 aromatic carbocycles. The number of rotatable bonds is 9. The van der Waals surface area contributed by atoms with Gasteiger partial charge >= 0.3 is 11.8 Å². The maximum Gasteiger partial charge on any atom is 0.520 e. The number of carbonyl (C=O) groups excluding carboxylic acids is 1. The number of anilines is 1. The van der Waals surface area contributed by atoms with E-state index in [0.717, 1.165) is 28.7 Å². The Bertz CT molecular complexity index is 1540. The Labute approximate surface area is 223 Å². The SMILES string of the molecule is CCCC1N(Cc2ccc(-c3ccccc3-c3nn[nH]n3)cc2)C(C(=O)OC)=C(CO)N1c1oc(=O)oc1C. The molecule has 2 aromatic heterocycles. The van der Waals surface area contributed by atoms with E-state index in [4.69, 9.17) is 13.6 Å². The van der Waals surface area contributed by atoms with Gasteiger partial charge in [0.15, 0.2) is 5.76 Å². The molecule has 0 saturated carbocycles. The number of tetrazole rings is 1. The van der Waals surface area contributed by atoms with Crippen molar-refractivity contribution in [3.8, 4) is 22.5 Å². The summed E-state index contributed by atoms with van der Waals surface area (Å²) in [4.78, 5) is 28.4. The van der Waals surface area contributed by atoms with Gasteiger partial charge in [-0.2, -0.15) is 5.21 Å². The Kier molecular flexibility index (Phi) is 7.28. The second-order valence-electron chi connectivity index (χ2n) is 9.01. The number of hydrogen-bond acceptors (Lipinski definition) is 11. The molecule has 12 heteroatoms. The number of nitrogens with zero attached hydrogens (tertiary/aromatic N) is 5. The molecule has 5 rings (SSSR count). The number of esters is 1. The van der Waals surface area contributed by atoms with Crippen LogP contribution in [0.25, 0.3) is 22.5 Å². The van der Waals surface area contributed by atoms with E-state index in [0.29, 0.717) is 18.8 Å². The largest absolute Gasteiger partial charge is 0.520 e. The fourth-order valence-corrected chi connectivity index (χ4v) is 4.97. The number of hydrogen-bond donors (Lipinski definition) is 2. The van der Waals surface area contributed by atoms with Crippen molar-refractivity contribution in [2.75, 3.05) is 18.6 Å². The molecule has 4 aromatic rings. The minimum atomic E-state index is -0.857. The molecule has 3 heterocycles. The van der Waals surface area contributed by atoms with Crippen LogP contribution in [0.1, 0.15) is 31.1 Å². The molecule has 0 amide bonds. The van der Waals surface area contributed by atoms with Crippen LogP contribution in [0.2, 0.25) is 0 Å². The number of aromatic amines is 1. The van der Waals surface area contributed by atoms with Gasteiger partial charge in [-0.1, -0.05) is 61.9 Å². The van der Waals surface area contributed by atoms with Gasteiger partial charge in [-0.25, -0.2) is 9.59 Å². The van der Waals surface area contributed by atoms with Gasteiger partial charge in [0.2, 0.25) is 11.7 Å². The summed E-state index contributed by atoms with van der Waals surface area (Å²) in [6.07, 6.45) is 0.941. The van der Waals surface area contributed by atoms with E-state index in [9.17, 15) is 14.7 Å². The summed E-state index contributed by atoms with van der Waals surface area (Å²) >= 11 is 0. The normalized spacial score (nSPS) is 15.3. The summed E-state index contributed by atoms with van der Waals surface area (Å²) in [6.45, 7) is 3.48. The van der Waals surface area contributed by atoms with Crippen molar-refractivity contribution in [2.24, 2.45) is 0 Å². The maximum absolute atomic E-state index is 13.0. The molecule has 0 spiro atoms. The smallest absolute Gasteiger partial charge is 0.464 e. The molecule has 12 nitrogen and oxygen atoms in total. The molecular weight excluding hydrogens is 504 g/mol. The van der Waals surface area contributed by atoms with Crippen LogP contribution in [0.5, 0.6) is 0 Å². The fourth-order valence-electron chi connectivity index (χ4n) is 4.97. The summed E-state index contributed by atoms with van der Waals surface area (Å²) < 4.78 is 15.5. The third-order valence-corrected chi connectivity index (χ3v) is 6.65. The van der Waals surface area contributed by atoms with Gasteiger partial charge in [0.05, 0.1) is 19.4 Å². The molecule has 1 unspecified atom stereocenters. The highest BCUT2D eigenvalue weighted by Crippen LogP contribution is 2.39. The van der Waals surface area contributed by atoms with E-state index < -0.39 is 24.6 Å². The zero-order chi connectivity index (χ0) is 27.5. The highest BCUT2D eigenvalue weighted by Gasteiger charge is 2.44. The molecule has 0 aliphatic carbocycles. The first-order valence-electron chi connectivity index (χ1n) is 12.5. The molecule has 0 radical (unpaired) electrons. The summed E-state index contributed by atoms with van der Waals surface area (Å²) in [5, 5.41) is 24.7. The number of aryl methyl sites for hydroxylation is 1. The molecule has 1 aliphatic heterocycles. The number of nitrogens with one attached hydrogen (secondary N) is 1. The highest BCUT2D eigenvalue weighted by atomic mass is 16.6. The maximum atomic E-state index is 13.0. The number of aromatic nitrogens is 4. The number of methoxy groups -OCH3 is 1. The first kappa shape index (κ1) is 25.9. The van der Waals surface area contributed by atoms with Gasteiger partial charge < -0.3 is 23.6 Å². The first-order chi connectivity index (χ1) is 19.0. The highest BCUT2D eigenvalue weighted by molar-refractivity contribution is 5.91. The van der Waals surface area contributed by atoms with Gasteiger partial charge in [0.25, 0.3) is 0 Å². The molecule has 39 heavy (non-hydrogen) atoms. The van der Waals surface area contributed by atoms with Crippen LogP contribution in [0, 0.1) is 6.92 Å². The first-order valence-corrected chi connectivity index (χ1v) is 12.5. The second kappa shape index (κ2) is 11.0. The summed E-state index contributed by atoms with van der Waals surface area (Å²) in [7, 11) is 1.29. The predicted octanol–water partition coefficient (Wildman–Crippen LogP) is 3.21. The minimum Gasteiger partial charge on any atom is -0.464 e. The second-order valence-corrected chi connectivity index (χ2v) is 9.01.